The Morgan fingerprint density at radius 3 is 2.74 bits per heavy atom. The van der Waals surface area contributed by atoms with Gasteiger partial charge in [-0.15, -0.1) is 0 Å². The second-order valence-electron chi connectivity index (χ2n) is 7.17. The van der Waals surface area contributed by atoms with Gasteiger partial charge in [-0.2, -0.15) is 0 Å². The third kappa shape index (κ3) is 4.13. The molecular formula is C20H26FN3O3. The average molecular weight is 375 g/mol. The summed E-state index contributed by atoms with van der Waals surface area (Å²) in [6.07, 6.45) is 2.12. The Hall–Kier alpha value is -2.41. The highest BCUT2D eigenvalue weighted by molar-refractivity contribution is 6.11. The highest BCUT2D eigenvalue weighted by atomic mass is 19.1. The van der Waals surface area contributed by atoms with Crippen LogP contribution >= 0.6 is 0 Å². The van der Waals surface area contributed by atoms with Gasteiger partial charge in [-0.3, -0.25) is 9.69 Å². The number of ether oxygens (including phenoxy) is 1. The van der Waals surface area contributed by atoms with Gasteiger partial charge < -0.3 is 15.0 Å². The summed E-state index contributed by atoms with van der Waals surface area (Å²) in [6, 6.07) is 3.80. The van der Waals surface area contributed by atoms with Gasteiger partial charge >= 0.3 is 5.97 Å². The molecule has 2 N–H and O–H groups in total. The van der Waals surface area contributed by atoms with Crippen molar-refractivity contribution in [3.63, 3.8) is 0 Å². The summed E-state index contributed by atoms with van der Waals surface area (Å²) in [7, 11) is 0. The second kappa shape index (κ2) is 8.08. The Kier molecular flexibility index (Phi) is 5.79. The Balaban J connectivity index is 1.87. The summed E-state index contributed by atoms with van der Waals surface area (Å²) >= 11 is 0. The van der Waals surface area contributed by atoms with Gasteiger partial charge in [0, 0.05) is 10.9 Å². The zero-order valence-corrected chi connectivity index (χ0v) is 16.0. The molecule has 1 amide bonds. The number of rotatable bonds is 5. The minimum absolute atomic E-state index is 0.130. The Morgan fingerprint density at radius 2 is 2.07 bits per heavy atom. The molecule has 0 radical (unpaired) electrons. The monoisotopic (exact) mass is 375 g/mol. The van der Waals surface area contributed by atoms with Crippen LogP contribution in [0.25, 0.3) is 10.9 Å². The number of benzene rings is 1. The first kappa shape index (κ1) is 19.4. The van der Waals surface area contributed by atoms with Crippen LogP contribution in [0.4, 0.5) is 10.1 Å². The van der Waals surface area contributed by atoms with E-state index in [4.69, 9.17) is 4.74 Å². The van der Waals surface area contributed by atoms with Crippen LogP contribution in [0.15, 0.2) is 18.2 Å². The predicted octanol–water partition coefficient (Wildman–Crippen LogP) is 3.54. The van der Waals surface area contributed by atoms with E-state index in [9.17, 15) is 14.0 Å². The van der Waals surface area contributed by atoms with Crippen molar-refractivity contribution in [2.24, 2.45) is 5.92 Å². The van der Waals surface area contributed by atoms with Gasteiger partial charge in [0.25, 0.3) is 0 Å². The number of carbonyl (C=O) groups excluding carboxylic acids is 2. The number of halogens is 1. The molecule has 7 heteroatoms. The third-order valence-corrected chi connectivity index (χ3v) is 5.23. The smallest absolute Gasteiger partial charge is 0.356 e. The molecular weight excluding hydrogens is 349 g/mol. The number of amides is 1. The number of anilines is 1. The van der Waals surface area contributed by atoms with Gasteiger partial charge in [0.2, 0.25) is 5.91 Å². The van der Waals surface area contributed by atoms with Gasteiger partial charge in [0.05, 0.1) is 18.3 Å². The average Bonchev–Trinajstić information content (AvgIpc) is 3.00. The van der Waals surface area contributed by atoms with Gasteiger partial charge in [0.15, 0.2) is 0 Å². The summed E-state index contributed by atoms with van der Waals surface area (Å²) in [5, 5.41) is 3.28. The van der Waals surface area contributed by atoms with Crippen molar-refractivity contribution in [3.05, 3.63) is 29.7 Å². The first-order valence-electron chi connectivity index (χ1n) is 9.44. The van der Waals surface area contributed by atoms with E-state index in [1.165, 1.54) is 12.1 Å². The van der Waals surface area contributed by atoms with Crippen molar-refractivity contribution >= 4 is 28.5 Å². The highest BCUT2D eigenvalue weighted by Gasteiger charge is 2.27. The lowest BCUT2D eigenvalue weighted by atomic mass is 9.98. The molecule has 1 fully saturated rings. The Bertz CT molecular complexity index is 840. The molecule has 2 aromatic rings. The van der Waals surface area contributed by atoms with E-state index in [0.717, 1.165) is 25.9 Å². The second-order valence-corrected chi connectivity index (χ2v) is 7.17. The molecule has 1 aromatic carbocycles. The number of nitrogens with one attached hydrogen (secondary N) is 2. The zero-order valence-electron chi connectivity index (χ0n) is 16.0. The molecule has 27 heavy (non-hydrogen) atoms. The highest BCUT2D eigenvalue weighted by Crippen LogP contribution is 2.30. The molecule has 146 valence electrons. The van der Waals surface area contributed by atoms with E-state index < -0.39 is 11.8 Å². The molecule has 1 atom stereocenters. The van der Waals surface area contributed by atoms with E-state index >= 15 is 0 Å². The largest absolute Gasteiger partial charge is 0.461 e. The minimum Gasteiger partial charge on any atom is -0.461 e. The number of aromatic nitrogens is 1. The summed E-state index contributed by atoms with van der Waals surface area (Å²) in [5.74, 6) is -0.571. The number of likely N-dealkylation sites (tertiary alicyclic amines) is 1. The van der Waals surface area contributed by atoms with Crippen LogP contribution in [0.2, 0.25) is 0 Å². The van der Waals surface area contributed by atoms with Crippen LogP contribution in [0.5, 0.6) is 0 Å². The van der Waals surface area contributed by atoms with Crippen molar-refractivity contribution in [1.82, 2.24) is 9.88 Å². The van der Waals surface area contributed by atoms with Crippen molar-refractivity contribution < 1.29 is 18.7 Å². The molecule has 1 saturated heterocycles. The number of piperidine rings is 1. The van der Waals surface area contributed by atoms with Crippen LogP contribution < -0.4 is 5.32 Å². The van der Waals surface area contributed by atoms with Crippen molar-refractivity contribution in [2.45, 2.75) is 39.7 Å². The minimum atomic E-state index is -0.580. The lowest BCUT2D eigenvalue weighted by Crippen LogP contribution is -2.45. The quantitative estimate of drug-likeness (QED) is 0.784. The number of hydrogen-bond donors (Lipinski definition) is 2. The Labute approximate surface area is 158 Å². The van der Waals surface area contributed by atoms with Crippen LogP contribution in [-0.4, -0.2) is 47.5 Å². The number of carbonyl (C=O) groups is 2. The van der Waals surface area contributed by atoms with E-state index in [2.05, 4.69) is 22.1 Å². The Morgan fingerprint density at radius 1 is 1.37 bits per heavy atom. The number of H-pyrrole nitrogens is 1. The number of aromatic amines is 1. The SMILES string of the molecule is CCOC(=O)c1[nH]c2ccc(F)cc2c1NC(=O)C(C)N1CCC(C)CC1. The number of hydrogen-bond acceptors (Lipinski definition) is 4. The molecule has 0 bridgehead atoms. The molecule has 0 saturated carbocycles. The normalized spacial score (nSPS) is 17.0. The number of fused-ring (bicyclic) bond motifs is 1. The van der Waals surface area contributed by atoms with E-state index in [0.29, 0.717) is 16.8 Å². The third-order valence-electron chi connectivity index (χ3n) is 5.23. The molecule has 1 aromatic heterocycles. The fourth-order valence-corrected chi connectivity index (χ4v) is 3.46. The maximum atomic E-state index is 13.7. The predicted molar refractivity (Wildman–Crippen MR) is 102 cm³/mol. The topological polar surface area (TPSA) is 74.4 Å². The summed E-state index contributed by atoms with van der Waals surface area (Å²) in [5.41, 5.74) is 0.963. The van der Waals surface area contributed by atoms with Crippen LogP contribution in [0, 0.1) is 11.7 Å². The summed E-state index contributed by atoms with van der Waals surface area (Å²) in [4.78, 5) is 30.2. The van der Waals surface area contributed by atoms with Gasteiger partial charge in [-0.25, -0.2) is 9.18 Å². The maximum Gasteiger partial charge on any atom is 0.356 e. The fraction of sp³-hybridized carbons (Fsp3) is 0.500. The van der Waals surface area contributed by atoms with Crippen molar-refractivity contribution in [1.29, 1.82) is 0 Å². The van der Waals surface area contributed by atoms with Gasteiger partial charge in [-0.05, 0) is 63.9 Å². The summed E-state index contributed by atoms with van der Waals surface area (Å²) in [6.45, 7) is 7.71. The van der Waals surface area contributed by atoms with Crippen LogP contribution in [0.1, 0.15) is 44.1 Å². The van der Waals surface area contributed by atoms with Crippen LogP contribution in [-0.2, 0) is 9.53 Å². The molecule has 1 aliphatic heterocycles. The van der Waals surface area contributed by atoms with E-state index in [-0.39, 0.29) is 29.9 Å². The van der Waals surface area contributed by atoms with Gasteiger partial charge in [0.1, 0.15) is 11.5 Å². The number of nitrogens with zero attached hydrogens (tertiary/aromatic N) is 1. The first-order valence-corrected chi connectivity index (χ1v) is 9.44. The standard InChI is InChI=1S/C20H26FN3O3/c1-4-27-20(26)18-17(15-11-14(21)5-6-16(15)22-18)23-19(25)13(3)24-9-7-12(2)8-10-24/h5-6,11-13,22H,4,7-10H2,1-3H3,(H,23,25). The maximum absolute atomic E-state index is 13.7. The zero-order chi connectivity index (χ0) is 19.6. The van der Waals surface area contributed by atoms with Crippen molar-refractivity contribution in [2.75, 3.05) is 25.0 Å². The molecule has 2 heterocycles. The molecule has 1 unspecified atom stereocenters. The molecule has 0 aliphatic carbocycles. The van der Waals surface area contributed by atoms with E-state index in [1.807, 2.05) is 6.92 Å². The molecule has 3 rings (SSSR count). The lowest BCUT2D eigenvalue weighted by molar-refractivity contribution is -0.121. The molecule has 1 aliphatic rings. The fourth-order valence-electron chi connectivity index (χ4n) is 3.46. The number of esters is 1. The molecule has 0 spiro atoms. The van der Waals surface area contributed by atoms with E-state index in [1.54, 1.807) is 13.0 Å². The lowest BCUT2D eigenvalue weighted by Gasteiger charge is -2.34. The summed E-state index contributed by atoms with van der Waals surface area (Å²) < 4.78 is 18.8. The van der Waals surface area contributed by atoms with Gasteiger partial charge in [-0.1, -0.05) is 6.92 Å². The first-order chi connectivity index (χ1) is 12.9. The molecule has 6 nitrogen and oxygen atoms in total. The van der Waals surface area contributed by atoms with Crippen LogP contribution in [0.3, 0.4) is 0 Å². The van der Waals surface area contributed by atoms with Crippen molar-refractivity contribution in [3.8, 4) is 0 Å².